The van der Waals surface area contributed by atoms with Crippen molar-refractivity contribution in [2.24, 2.45) is 0 Å². The Morgan fingerprint density at radius 1 is 0.441 bits per heavy atom. The number of hydrogen-bond donors (Lipinski definition) is 2. The van der Waals surface area contributed by atoms with Crippen LogP contribution in [0.2, 0.25) is 0 Å². The Morgan fingerprint density at radius 3 is 0.966 bits per heavy atom. The molecule has 0 saturated heterocycles. The van der Waals surface area contributed by atoms with Gasteiger partial charge in [-0.25, -0.2) is 0 Å². The second-order valence-corrected chi connectivity index (χ2v) is 16.3. The van der Waals surface area contributed by atoms with Crippen molar-refractivity contribution in [3.05, 3.63) is 71.8 Å². The summed E-state index contributed by atoms with van der Waals surface area (Å²) in [6, 6.07) is 19.3. The van der Waals surface area contributed by atoms with Gasteiger partial charge in [-0.2, -0.15) is 0 Å². The summed E-state index contributed by atoms with van der Waals surface area (Å²) in [7, 11) is 0. The van der Waals surface area contributed by atoms with Crippen LogP contribution in [0, 0.1) is 0 Å². The molecule has 2 rings (SSSR count). The third-order valence-corrected chi connectivity index (χ3v) is 10.9. The van der Waals surface area contributed by atoms with E-state index in [-0.39, 0.29) is 61.1 Å². The summed E-state index contributed by atoms with van der Waals surface area (Å²) in [5.74, 6) is -2.22. The molecule has 0 aliphatic carbocycles. The van der Waals surface area contributed by atoms with E-state index in [1.807, 2.05) is 60.7 Å². The number of benzene rings is 2. The number of aliphatic carboxylic acids is 2. The summed E-state index contributed by atoms with van der Waals surface area (Å²) in [6.45, 7) is 4.95. The average Bonchev–Trinajstić information content (AvgIpc) is 3.23. The molecule has 0 saturated carbocycles. The van der Waals surface area contributed by atoms with Gasteiger partial charge in [0.2, 0.25) is 0 Å². The van der Waals surface area contributed by atoms with Gasteiger partial charge in [0.1, 0.15) is 0 Å². The molecule has 2 aromatic carbocycles. The van der Waals surface area contributed by atoms with Gasteiger partial charge in [-0.15, -0.1) is 0 Å². The number of carboxylic acid groups (broad SMARTS) is 2. The Balaban J connectivity index is 0.00000112. The molecular formula is C50H82BaO8. The minimum absolute atomic E-state index is 0. The average molecular weight is 949 g/mol. The van der Waals surface area contributed by atoms with Crippen LogP contribution in [0.15, 0.2) is 60.7 Å². The van der Waals surface area contributed by atoms with Crippen molar-refractivity contribution in [2.45, 2.75) is 231 Å². The summed E-state index contributed by atoms with van der Waals surface area (Å²) in [4.78, 5) is 22.5. The van der Waals surface area contributed by atoms with Crippen LogP contribution >= 0.6 is 0 Å². The summed E-state index contributed by atoms with van der Waals surface area (Å²) in [5, 5.41) is 42.1. The van der Waals surface area contributed by atoms with Crippen LogP contribution in [-0.2, 0) is 32.3 Å². The van der Waals surface area contributed by atoms with Crippen LogP contribution in [0.3, 0.4) is 0 Å². The zero-order chi connectivity index (χ0) is 42.3. The number of carboxylic acids is 2. The van der Waals surface area contributed by atoms with Crippen molar-refractivity contribution in [1.82, 2.24) is 0 Å². The molecule has 2 aromatic rings. The van der Waals surface area contributed by atoms with Crippen molar-refractivity contribution in [1.29, 1.82) is 0 Å². The Morgan fingerprint density at radius 2 is 0.695 bits per heavy atom. The fourth-order valence-electron chi connectivity index (χ4n) is 7.14. The van der Waals surface area contributed by atoms with Gasteiger partial charge in [0.15, 0.2) is 0 Å². The van der Waals surface area contributed by atoms with Gasteiger partial charge in [0, 0.05) is 0 Å². The molecule has 0 fully saturated rings. The number of ether oxygens (including phenoxy) is 2. The molecule has 59 heavy (non-hydrogen) atoms. The molecule has 332 valence electrons. The first-order valence-corrected chi connectivity index (χ1v) is 23.4. The summed E-state index contributed by atoms with van der Waals surface area (Å²) >= 11 is 0. The Bertz CT molecular complexity index is 1110. The first-order valence-electron chi connectivity index (χ1n) is 23.4. The second-order valence-electron chi connectivity index (χ2n) is 16.3. The second kappa shape index (κ2) is 42.1. The summed E-state index contributed by atoms with van der Waals surface area (Å²) in [6.07, 6.45) is 28.3. The Hall–Kier alpha value is -1.21. The number of aliphatic hydroxyl groups excluding tert-OH is 2. The van der Waals surface area contributed by atoms with Crippen LogP contribution in [0.25, 0.3) is 0 Å². The Kier molecular flexibility index (Phi) is 41.2. The van der Waals surface area contributed by atoms with Gasteiger partial charge in [0.25, 0.3) is 0 Å². The molecule has 0 amide bonds. The maximum absolute atomic E-state index is 11.3. The molecule has 0 aliphatic rings. The van der Waals surface area contributed by atoms with Crippen molar-refractivity contribution in [3.63, 3.8) is 0 Å². The monoisotopic (exact) mass is 949 g/mol. The van der Waals surface area contributed by atoms with E-state index in [1.165, 1.54) is 64.2 Å². The standard InChI is InChI=1S/2C25H42O4.Ba/c2*1-2-3-18-23(26)19-14-9-7-5-4-6-8-10-15-20-24(25(27)28)29-21-22-16-12-11-13-17-22;/h2*11-13,16-17,23-24,26H,2-10,14-15,18-21H2,1H3,(H,27,28);/q;;+2/p-2. The van der Waals surface area contributed by atoms with Crippen molar-refractivity contribution >= 4 is 60.8 Å². The van der Waals surface area contributed by atoms with Crippen LogP contribution < -0.4 is 10.2 Å². The molecular weight excluding hydrogens is 866 g/mol. The number of rotatable bonds is 38. The first-order chi connectivity index (χ1) is 28.3. The molecule has 0 bridgehead atoms. The number of aliphatic hydroxyl groups is 2. The van der Waals surface area contributed by atoms with Gasteiger partial charge in [-0.05, 0) is 49.7 Å². The van der Waals surface area contributed by atoms with Gasteiger partial charge in [0.05, 0.1) is 49.6 Å². The van der Waals surface area contributed by atoms with Crippen LogP contribution in [0.1, 0.15) is 205 Å². The van der Waals surface area contributed by atoms with E-state index in [9.17, 15) is 30.0 Å². The molecule has 2 N–H and O–H groups in total. The largest absolute Gasteiger partial charge is 2.00 e. The fourth-order valence-corrected chi connectivity index (χ4v) is 7.14. The van der Waals surface area contributed by atoms with Crippen molar-refractivity contribution in [3.8, 4) is 0 Å². The number of hydrogen-bond acceptors (Lipinski definition) is 8. The smallest absolute Gasteiger partial charge is 0.547 e. The van der Waals surface area contributed by atoms with Crippen LogP contribution in [0.5, 0.6) is 0 Å². The van der Waals surface area contributed by atoms with Gasteiger partial charge >= 0.3 is 48.9 Å². The van der Waals surface area contributed by atoms with E-state index in [4.69, 9.17) is 9.47 Å². The quantitative estimate of drug-likeness (QED) is 0.0501. The van der Waals surface area contributed by atoms with E-state index in [0.29, 0.717) is 26.1 Å². The number of unbranched alkanes of at least 4 members (excludes halogenated alkanes) is 18. The molecule has 4 unspecified atom stereocenters. The zero-order valence-corrected chi connectivity index (χ0v) is 41.8. The first kappa shape index (κ1) is 57.8. The van der Waals surface area contributed by atoms with Gasteiger partial charge in [-0.1, -0.05) is 216 Å². The molecule has 9 heteroatoms. The van der Waals surface area contributed by atoms with Gasteiger partial charge < -0.3 is 39.5 Å². The van der Waals surface area contributed by atoms with E-state index in [2.05, 4.69) is 13.8 Å². The van der Waals surface area contributed by atoms with Crippen LogP contribution in [0.4, 0.5) is 0 Å². The maximum atomic E-state index is 11.3. The zero-order valence-electron chi connectivity index (χ0n) is 37.3. The summed E-state index contributed by atoms with van der Waals surface area (Å²) in [5.41, 5.74) is 1.96. The molecule has 0 aliphatic heterocycles. The predicted molar refractivity (Wildman–Crippen MR) is 238 cm³/mol. The fraction of sp³-hybridized carbons (Fsp3) is 0.720. The van der Waals surface area contributed by atoms with E-state index in [1.54, 1.807) is 0 Å². The van der Waals surface area contributed by atoms with E-state index in [0.717, 1.165) is 114 Å². The van der Waals surface area contributed by atoms with Crippen molar-refractivity contribution < 1.29 is 39.5 Å². The minimum atomic E-state index is -1.11. The Labute approximate surface area is 400 Å². The van der Waals surface area contributed by atoms with E-state index >= 15 is 0 Å². The maximum Gasteiger partial charge on any atom is 2.00 e. The molecule has 0 aromatic heterocycles. The SMILES string of the molecule is CCCCC(O)CCCCCCCCCCCC(OCc1ccccc1)C(=O)[O-].CCCCC(O)CCCCCCCCCCCC(OCc1ccccc1)C(=O)[O-].[Ba+2]. The predicted octanol–water partition coefficient (Wildman–Crippen LogP) is 9.95. The number of carbonyl (C=O) groups excluding carboxylic acids is 2. The molecule has 0 spiro atoms. The third kappa shape index (κ3) is 36.0. The third-order valence-electron chi connectivity index (χ3n) is 10.9. The summed E-state index contributed by atoms with van der Waals surface area (Å²) < 4.78 is 11.1. The minimum Gasteiger partial charge on any atom is -0.547 e. The van der Waals surface area contributed by atoms with Crippen LogP contribution in [-0.4, -0.2) is 95.4 Å². The van der Waals surface area contributed by atoms with Gasteiger partial charge in [-0.3, -0.25) is 0 Å². The number of carbonyl (C=O) groups is 2. The molecule has 8 nitrogen and oxygen atoms in total. The normalized spacial score (nSPS) is 13.1. The topological polar surface area (TPSA) is 139 Å². The molecule has 4 atom stereocenters. The van der Waals surface area contributed by atoms with E-state index < -0.39 is 24.1 Å². The van der Waals surface area contributed by atoms with Crippen molar-refractivity contribution in [2.75, 3.05) is 0 Å². The molecule has 0 radical (unpaired) electrons. The molecule has 0 heterocycles.